The Hall–Kier alpha value is -3.62. The lowest BCUT2D eigenvalue weighted by molar-refractivity contribution is -0.138. The Bertz CT molecular complexity index is 923. The highest BCUT2D eigenvalue weighted by Crippen LogP contribution is 2.27. The topological polar surface area (TPSA) is 150 Å². The number of carbonyl (C=O) groups is 3. The molecule has 0 radical (unpaired) electrons. The van der Waals surface area contributed by atoms with Crippen LogP contribution in [-0.4, -0.2) is 35.3 Å². The molecule has 3 rings (SSSR count). The SMILES string of the molecule is N=C(N)c1ccc(N2CCCC(CC(=O)NC(CC(=O)O)c3ccco3)C2=O)cc1. The van der Waals surface area contributed by atoms with Gasteiger partial charge in [0.05, 0.1) is 18.7 Å². The highest BCUT2D eigenvalue weighted by molar-refractivity contribution is 5.99. The normalized spacial score (nSPS) is 17.4. The molecule has 9 heteroatoms. The predicted molar refractivity (Wildman–Crippen MR) is 109 cm³/mol. The standard InChI is InChI=1S/C21H24N4O5/c22-20(23)13-5-7-15(8-6-13)25-9-1-3-14(21(25)29)11-18(26)24-16(12-19(27)28)17-4-2-10-30-17/h2,4-8,10,14,16H,1,3,9,11-12H2,(H3,22,23)(H,24,26)(H,27,28). The van der Waals surface area contributed by atoms with E-state index >= 15 is 0 Å². The van der Waals surface area contributed by atoms with Gasteiger partial charge >= 0.3 is 5.97 Å². The minimum Gasteiger partial charge on any atom is -0.481 e. The van der Waals surface area contributed by atoms with Crippen LogP contribution in [0.2, 0.25) is 0 Å². The molecule has 2 heterocycles. The fourth-order valence-electron chi connectivity index (χ4n) is 3.58. The first-order chi connectivity index (χ1) is 14.3. The zero-order valence-electron chi connectivity index (χ0n) is 16.3. The first kappa shape index (κ1) is 21.1. The Morgan fingerprint density at radius 1 is 1.30 bits per heavy atom. The van der Waals surface area contributed by atoms with Crippen LogP contribution in [-0.2, 0) is 14.4 Å². The Morgan fingerprint density at radius 3 is 2.63 bits per heavy atom. The van der Waals surface area contributed by atoms with Crippen molar-refractivity contribution in [3.8, 4) is 0 Å². The molecule has 2 atom stereocenters. The molecular weight excluding hydrogens is 388 g/mol. The van der Waals surface area contributed by atoms with Crippen molar-refractivity contribution >= 4 is 29.3 Å². The van der Waals surface area contributed by atoms with E-state index in [1.807, 2.05) is 0 Å². The number of rotatable bonds is 8. The van der Waals surface area contributed by atoms with E-state index in [2.05, 4.69) is 5.32 Å². The summed E-state index contributed by atoms with van der Waals surface area (Å²) in [5.74, 6) is -1.80. The smallest absolute Gasteiger partial charge is 0.305 e. The minimum absolute atomic E-state index is 0.0301. The molecule has 5 N–H and O–H groups in total. The van der Waals surface area contributed by atoms with Crippen LogP contribution in [0, 0.1) is 11.3 Å². The van der Waals surface area contributed by atoms with Crippen LogP contribution in [0.4, 0.5) is 5.69 Å². The minimum atomic E-state index is -1.06. The molecule has 158 valence electrons. The summed E-state index contributed by atoms with van der Waals surface area (Å²) < 4.78 is 5.23. The van der Waals surface area contributed by atoms with Crippen LogP contribution in [0.5, 0.6) is 0 Å². The average molecular weight is 412 g/mol. The highest BCUT2D eigenvalue weighted by Gasteiger charge is 2.32. The van der Waals surface area contributed by atoms with Gasteiger partial charge in [-0.25, -0.2) is 0 Å². The molecule has 0 spiro atoms. The third kappa shape index (κ3) is 5.05. The molecule has 0 saturated carbocycles. The summed E-state index contributed by atoms with van der Waals surface area (Å²) in [4.78, 5) is 38.2. The number of amides is 2. The Morgan fingerprint density at radius 2 is 2.03 bits per heavy atom. The van der Waals surface area contributed by atoms with Gasteiger partial charge < -0.3 is 25.5 Å². The first-order valence-electron chi connectivity index (χ1n) is 9.65. The molecule has 0 bridgehead atoms. The van der Waals surface area contributed by atoms with E-state index in [-0.39, 0.29) is 24.6 Å². The summed E-state index contributed by atoms with van der Waals surface area (Å²) in [6, 6.07) is 9.26. The number of amidine groups is 1. The van der Waals surface area contributed by atoms with E-state index in [0.717, 1.165) is 6.42 Å². The zero-order valence-corrected chi connectivity index (χ0v) is 16.3. The van der Waals surface area contributed by atoms with Crippen molar-refractivity contribution in [2.45, 2.75) is 31.7 Å². The number of nitrogen functional groups attached to an aromatic ring is 1. The molecule has 30 heavy (non-hydrogen) atoms. The number of anilines is 1. The second kappa shape index (κ2) is 9.25. The second-order valence-electron chi connectivity index (χ2n) is 7.23. The molecule has 1 aromatic heterocycles. The molecular formula is C21H24N4O5. The molecule has 1 aromatic carbocycles. The van der Waals surface area contributed by atoms with Gasteiger partial charge in [0.2, 0.25) is 11.8 Å². The number of hydrogen-bond acceptors (Lipinski definition) is 5. The number of carboxylic acids is 1. The number of aliphatic carboxylic acids is 1. The summed E-state index contributed by atoms with van der Waals surface area (Å²) in [6.07, 6.45) is 2.40. The molecule has 2 aromatic rings. The molecule has 1 aliphatic rings. The van der Waals surface area contributed by atoms with Crippen molar-refractivity contribution in [3.63, 3.8) is 0 Å². The van der Waals surface area contributed by atoms with E-state index in [1.54, 1.807) is 41.3 Å². The number of piperidine rings is 1. The second-order valence-corrected chi connectivity index (χ2v) is 7.23. The number of furan rings is 1. The Balaban J connectivity index is 1.65. The number of carboxylic acid groups (broad SMARTS) is 1. The van der Waals surface area contributed by atoms with Crippen LogP contribution < -0.4 is 16.0 Å². The van der Waals surface area contributed by atoms with Crippen LogP contribution in [0.15, 0.2) is 47.1 Å². The lowest BCUT2D eigenvalue weighted by atomic mass is 9.92. The van der Waals surface area contributed by atoms with E-state index < -0.39 is 23.8 Å². The van der Waals surface area contributed by atoms with Crippen LogP contribution in [0.1, 0.15) is 43.0 Å². The Kier molecular flexibility index (Phi) is 6.51. The Labute approximate surface area is 173 Å². The number of hydrogen-bond donors (Lipinski definition) is 4. The quantitative estimate of drug-likeness (QED) is 0.385. The van der Waals surface area contributed by atoms with Gasteiger partial charge in [0.1, 0.15) is 11.6 Å². The fraction of sp³-hybridized carbons (Fsp3) is 0.333. The maximum atomic E-state index is 12.9. The van der Waals surface area contributed by atoms with Gasteiger partial charge in [-0.05, 0) is 49.2 Å². The maximum Gasteiger partial charge on any atom is 0.305 e. The van der Waals surface area contributed by atoms with Gasteiger partial charge in [-0.2, -0.15) is 0 Å². The van der Waals surface area contributed by atoms with Gasteiger partial charge in [-0.15, -0.1) is 0 Å². The number of nitrogens with one attached hydrogen (secondary N) is 2. The first-order valence-corrected chi connectivity index (χ1v) is 9.65. The summed E-state index contributed by atoms with van der Waals surface area (Å²) in [5, 5.41) is 19.2. The summed E-state index contributed by atoms with van der Waals surface area (Å²) in [5.41, 5.74) is 6.73. The van der Waals surface area contributed by atoms with Crippen LogP contribution in [0.25, 0.3) is 0 Å². The third-order valence-corrected chi connectivity index (χ3v) is 5.07. The van der Waals surface area contributed by atoms with Crippen molar-refractivity contribution in [1.29, 1.82) is 5.41 Å². The maximum absolute atomic E-state index is 12.9. The predicted octanol–water partition coefficient (Wildman–Crippen LogP) is 2.03. The van der Waals surface area contributed by atoms with Crippen molar-refractivity contribution in [3.05, 3.63) is 54.0 Å². The zero-order chi connectivity index (χ0) is 21.7. The lowest BCUT2D eigenvalue weighted by Gasteiger charge is -2.32. The number of nitrogens with zero attached hydrogens (tertiary/aromatic N) is 1. The van der Waals surface area contributed by atoms with Crippen molar-refractivity contribution in [2.24, 2.45) is 11.7 Å². The van der Waals surface area contributed by atoms with Crippen molar-refractivity contribution in [1.82, 2.24) is 5.32 Å². The van der Waals surface area contributed by atoms with E-state index in [1.165, 1.54) is 6.26 Å². The summed E-state index contributed by atoms with van der Waals surface area (Å²) in [6.45, 7) is 0.546. The van der Waals surface area contributed by atoms with Gasteiger partial charge in [-0.1, -0.05) is 0 Å². The van der Waals surface area contributed by atoms with Gasteiger partial charge in [0.15, 0.2) is 0 Å². The van der Waals surface area contributed by atoms with E-state index in [9.17, 15) is 14.4 Å². The van der Waals surface area contributed by atoms with Crippen molar-refractivity contribution in [2.75, 3.05) is 11.4 Å². The van der Waals surface area contributed by atoms with Crippen LogP contribution >= 0.6 is 0 Å². The molecule has 1 aliphatic heterocycles. The van der Waals surface area contributed by atoms with E-state index in [4.69, 9.17) is 20.7 Å². The highest BCUT2D eigenvalue weighted by atomic mass is 16.4. The molecule has 2 amide bonds. The number of benzene rings is 1. The molecule has 2 unspecified atom stereocenters. The largest absolute Gasteiger partial charge is 0.481 e. The van der Waals surface area contributed by atoms with Crippen LogP contribution in [0.3, 0.4) is 0 Å². The third-order valence-electron chi connectivity index (χ3n) is 5.07. The average Bonchev–Trinajstić information content (AvgIpc) is 3.24. The van der Waals surface area contributed by atoms with Gasteiger partial charge in [0, 0.05) is 30.1 Å². The molecule has 0 aliphatic carbocycles. The number of nitrogens with two attached hydrogens (primary N) is 1. The lowest BCUT2D eigenvalue weighted by Crippen LogP contribution is -2.43. The number of carbonyl (C=O) groups excluding carboxylic acids is 2. The summed E-state index contributed by atoms with van der Waals surface area (Å²) in [7, 11) is 0. The van der Waals surface area contributed by atoms with Gasteiger partial charge in [0.25, 0.3) is 0 Å². The van der Waals surface area contributed by atoms with E-state index in [0.29, 0.717) is 30.0 Å². The molecule has 1 fully saturated rings. The summed E-state index contributed by atoms with van der Waals surface area (Å²) >= 11 is 0. The monoisotopic (exact) mass is 412 g/mol. The van der Waals surface area contributed by atoms with Crippen molar-refractivity contribution < 1.29 is 23.9 Å². The fourth-order valence-corrected chi connectivity index (χ4v) is 3.58. The molecule has 1 saturated heterocycles. The van der Waals surface area contributed by atoms with Gasteiger partial charge in [-0.3, -0.25) is 19.8 Å². The molecule has 9 nitrogen and oxygen atoms in total.